The summed E-state index contributed by atoms with van der Waals surface area (Å²) in [4.78, 5) is 28.2. The van der Waals surface area contributed by atoms with E-state index >= 15 is 0 Å². The normalized spacial score (nSPS) is 23.0. The van der Waals surface area contributed by atoms with E-state index in [1.165, 1.54) is 6.07 Å². The minimum absolute atomic E-state index is 0.0307. The quantitative estimate of drug-likeness (QED) is 0.796. The van der Waals surface area contributed by atoms with Crippen molar-refractivity contribution in [3.05, 3.63) is 29.6 Å². The number of piperidine rings is 1. The van der Waals surface area contributed by atoms with Crippen LogP contribution in [0.1, 0.15) is 31.2 Å². The number of carbonyl (C=O) groups is 2. The van der Waals surface area contributed by atoms with E-state index in [1.54, 1.807) is 28.9 Å². The van der Waals surface area contributed by atoms with Gasteiger partial charge < -0.3 is 9.80 Å². The topological polar surface area (TPSA) is 40.6 Å². The van der Waals surface area contributed by atoms with Gasteiger partial charge in [-0.1, -0.05) is 6.07 Å². The van der Waals surface area contributed by atoms with Gasteiger partial charge in [0.15, 0.2) is 0 Å². The second-order valence-electron chi connectivity index (χ2n) is 5.77. The fourth-order valence-corrected chi connectivity index (χ4v) is 3.13. The van der Waals surface area contributed by atoms with Crippen molar-refractivity contribution in [2.24, 2.45) is 0 Å². The Morgan fingerprint density at radius 1 is 1.19 bits per heavy atom. The number of anilines is 1. The molecule has 112 valence electrons. The average molecular weight is 290 g/mol. The molecule has 2 aliphatic rings. The number of hydrogen-bond acceptors (Lipinski definition) is 2. The van der Waals surface area contributed by atoms with Crippen LogP contribution < -0.4 is 4.90 Å². The van der Waals surface area contributed by atoms with Gasteiger partial charge in [0, 0.05) is 25.2 Å². The number of halogens is 1. The Morgan fingerprint density at radius 3 is 2.76 bits per heavy atom. The summed E-state index contributed by atoms with van der Waals surface area (Å²) in [5.74, 6) is -0.372. The highest BCUT2D eigenvalue weighted by atomic mass is 19.1. The first kappa shape index (κ1) is 14.0. The average Bonchev–Trinajstić information content (AvgIpc) is 2.61. The molecule has 2 saturated heterocycles. The van der Waals surface area contributed by atoms with Crippen molar-refractivity contribution in [2.75, 3.05) is 18.0 Å². The third-order valence-electron chi connectivity index (χ3n) is 4.39. The zero-order valence-electron chi connectivity index (χ0n) is 12.1. The summed E-state index contributed by atoms with van der Waals surface area (Å²) >= 11 is 0. The standard InChI is InChI=1S/C16H19FN2O2/c1-11-5-6-12(10-13(11)17)18-9-7-15(20)19-8-3-2-4-14(19)16(18)21/h5-6,10,14H,2-4,7-9H2,1H3. The van der Waals surface area contributed by atoms with E-state index in [0.29, 0.717) is 37.2 Å². The van der Waals surface area contributed by atoms with Crippen molar-refractivity contribution in [3.8, 4) is 0 Å². The number of benzene rings is 1. The van der Waals surface area contributed by atoms with Crippen LogP contribution >= 0.6 is 0 Å². The summed E-state index contributed by atoms with van der Waals surface area (Å²) in [6.07, 6.45) is 2.91. The molecule has 0 bridgehead atoms. The zero-order chi connectivity index (χ0) is 15.0. The van der Waals surface area contributed by atoms with Crippen LogP contribution in [-0.2, 0) is 9.59 Å². The first-order chi connectivity index (χ1) is 10.1. The Kier molecular flexibility index (Phi) is 3.66. The van der Waals surface area contributed by atoms with E-state index in [1.807, 2.05) is 0 Å². The maximum Gasteiger partial charge on any atom is 0.249 e. The Balaban J connectivity index is 1.93. The molecule has 1 unspecified atom stereocenters. The molecule has 1 aromatic carbocycles. The third-order valence-corrected chi connectivity index (χ3v) is 4.39. The van der Waals surface area contributed by atoms with E-state index in [4.69, 9.17) is 0 Å². The molecule has 2 aliphatic heterocycles. The molecule has 2 fully saturated rings. The van der Waals surface area contributed by atoms with E-state index in [9.17, 15) is 14.0 Å². The highest BCUT2D eigenvalue weighted by Crippen LogP contribution is 2.27. The first-order valence-electron chi connectivity index (χ1n) is 7.45. The first-order valence-corrected chi connectivity index (χ1v) is 7.45. The molecule has 0 radical (unpaired) electrons. The molecule has 4 nitrogen and oxygen atoms in total. The minimum atomic E-state index is -0.377. The van der Waals surface area contributed by atoms with Crippen molar-refractivity contribution < 1.29 is 14.0 Å². The number of hydrogen-bond donors (Lipinski definition) is 0. The molecule has 0 aliphatic carbocycles. The summed E-state index contributed by atoms with van der Waals surface area (Å²) in [5.41, 5.74) is 1.10. The highest BCUT2D eigenvalue weighted by Gasteiger charge is 2.38. The SMILES string of the molecule is Cc1ccc(N2CCC(=O)N3CCCCC3C2=O)cc1F. The molecule has 0 spiro atoms. The summed E-state index contributed by atoms with van der Waals surface area (Å²) in [7, 11) is 0. The van der Waals surface area contributed by atoms with Crippen LogP contribution in [0.5, 0.6) is 0 Å². The van der Waals surface area contributed by atoms with E-state index < -0.39 is 0 Å². The van der Waals surface area contributed by atoms with Gasteiger partial charge in [-0.2, -0.15) is 0 Å². The molecular formula is C16H19FN2O2. The van der Waals surface area contributed by atoms with Crippen LogP contribution in [0.2, 0.25) is 0 Å². The molecule has 0 N–H and O–H groups in total. The smallest absolute Gasteiger partial charge is 0.249 e. The van der Waals surface area contributed by atoms with Gasteiger partial charge in [0.1, 0.15) is 11.9 Å². The number of rotatable bonds is 1. The fourth-order valence-electron chi connectivity index (χ4n) is 3.13. The summed E-state index contributed by atoms with van der Waals surface area (Å²) in [6.45, 7) is 2.67. The molecule has 1 atom stereocenters. The van der Waals surface area contributed by atoms with Gasteiger partial charge in [0.2, 0.25) is 11.8 Å². The van der Waals surface area contributed by atoms with Gasteiger partial charge in [-0.3, -0.25) is 9.59 Å². The maximum absolute atomic E-state index is 13.8. The molecule has 2 heterocycles. The van der Waals surface area contributed by atoms with Crippen LogP contribution in [0.25, 0.3) is 0 Å². The maximum atomic E-state index is 13.8. The zero-order valence-corrected chi connectivity index (χ0v) is 12.1. The molecule has 1 aromatic rings. The number of aryl methyl sites for hydroxylation is 1. The Labute approximate surface area is 123 Å². The van der Waals surface area contributed by atoms with Crippen LogP contribution in [0, 0.1) is 12.7 Å². The Bertz CT molecular complexity index is 588. The predicted octanol–water partition coefficient (Wildman–Crippen LogP) is 2.25. The predicted molar refractivity (Wildman–Crippen MR) is 77.5 cm³/mol. The molecule has 0 aromatic heterocycles. The van der Waals surface area contributed by atoms with Crippen LogP contribution in [-0.4, -0.2) is 35.8 Å². The van der Waals surface area contributed by atoms with Crippen molar-refractivity contribution >= 4 is 17.5 Å². The number of nitrogens with zero attached hydrogens (tertiary/aromatic N) is 2. The monoisotopic (exact) mass is 290 g/mol. The lowest BCUT2D eigenvalue weighted by Crippen LogP contribution is -2.49. The van der Waals surface area contributed by atoms with E-state index in [0.717, 1.165) is 12.8 Å². The van der Waals surface area contributed by atoms with E-state index in [2.05, 4.69) is 0 Å². The number of fused-ring (bicyclic) bond motifs is 1. The van der Waals surface area contributed by atoms with Gasteiger partial charge in [-0.05, 0) is 43.9 Å². The van der Waals surface area contributed by atoms with Gasteiger partial charge >= 0.3 is 0 Å². The molecule has 0 saturated carbocycles. The highest BCUT2D eigenvalue weighted by molar-refractivity contribution is 6.01. The summed E-state index contributed by atoms with van der Waals surface area (Å²) < 4.78 is 13.8. The van der Waals surface area contributed by atoms with Crippen LogP contribution in [0.3, 0.4) is 0 Å². The van der Waals surface area contributed by atoms with E-state index in [-0.39, 0.29) is 23.7 Å². The van der Waals surface area contributed by atoms with Gasteiger partial charge in [-0.25, -0.2) is 4.39 Å². The van der Waals surface area contributed by atoms with Gasteiger partial charge in [0.25, 0.3) is 0 Å². The summed E-state index contributed by atoms with van der Waals surface area (Å²) in [5, 5.41) is 0. The van der Waals surface area contributed by atoms with Crippen molar-refractivity contribution in [3.63, 3.8) is 0 Å². The summed E-state index contributed by atoms with van der Waals surface area (Å²) in [6, 6.07) is 4.43. The van der Waals surface area contributed by atoms with Gasteiger partial charge in [-0.15, -0.1) is 0 Å². The van der Waals surface area contributed by atoms with Crippen molar-refractivity contribution in [1.82, 2.24) is 4.90 Å². The minimum Gasteiger partial charge on any atom is -0.331 e. The molecule has 5 heteroatoms. The molecule has 3 rings (SSSR count). The fraction of sp³-hybridized carbons (Fsp3) is 0.500. The third kappa shape index (κ3) is 2.52. The van der Waals surface area contributed by atoms with Crippen LogP contribution in [0.4, 0.5) is 10.1 Å². The second-order valence-corrected chi connectivity index (χ2v) is 5.77. The number of amides is 2. The second kappa shape index (κ2) is 5.47. The molecular weight excluding hydrogens is 271 g/mol. The molecule has 2 amide bonds. The lowest BCUT2D eigenvalue weighted by Gasteiger charge is -2.34. The van der Waals surface area contributed by atoms with Crippen molar-refractivity contribution in [2.45, 2.75) is 38.6 Å². The molecule has 21 heavy (non-hydrogen) atoms. The Morgan fingerprint density at radius 2 is 2.00 bits per heavy atom. The largest absolute Gasteiger partial charge is 0.331 e. The van der Waals surface area contributed by atoms with Crippen LogP contribution in [0.15, 0.2) is 18.2 Å². The lowest BCUT2D eigenvalue weighted by atomic mass is 10.0. The van der Waals surface area contributed by atoms with Gasteiger partial charge in [0.05, 0.1) is 0 Å². The lowest BCUT2D eigenvalue weighted by molar-refractivity contribution is -0.138. The number of carbonyl (C=O) groups excluding carboxylic acids is 2. The van der Waals surface area contributed by atoms with Crippen molar-refractivity contribution in [1.29, 1.82) is 0 Å². The Hall–Kier alpha value is -1.91.